The van der Waals surface area contributed by atoms with Crippen molar-refractivity contribution in [1.29, 1.82) is 0 Å². The quantitative estimate of drug-likeness (QED) is 0.803. The molecule has 0 saturated heterocycles. The first kappa shape index (κ1) is 13.5. The molecule has 2 nitrogen and oxygen atoms in total. The molecule has 2 unspecified atom stereocenters. The summed E-state index contributed by atoms with van der Waals surface area (Å²) in [4.78, 5) is 0. The SMILES string of the molecule is CSCC(C)NCC(O)c1cccc(F)c1. The van der Waals surface area contributed by atoms with Crippen molar-refractivity contribution >= 4 is 11.8 Å². The molecule has 0 aliphatic heterocycles. The van der Waals surface area contributed by atoms with E-state index in [1.54, 1.807) is 23.9 Å². The van der Waals surface area contributed by atoms with Gasteiger partial charge in [0.15, 0.2) is 0 Å². The van der Waals surface area contributed by atoms with Crippen molar-refractivity contribution in [3.63, 3.8) is 0 Å². The van der Waals surface area contributed by atoms with E-state index in [0.29, 0.717) is 18.2 Å². The van der Waals surface area contributed by atoms with Gasteiger partial charge in [0.1, 0.15) is 5.82 Å². The molecule has 0 radical (unpaired) electrons. The van der Waals surface area contributed by atoms with E-state index in [9.17, 15) is 9.50 Å². The molecule has 2 atom stereocenters. The monoisotopic (exact) mass is 243 g/mol. The molecular formula is C12H18FNOS. The highest BCUT2D eigenvalue weighted by Crippen LogP contribution is 2.13. The molecule has 2 N–H and O–H groups in total. The van der Waals surface area contributed by atoms with E-state index in [0.717, 1.165) is 5.75 Å². The Labute approximate surface area is 100 Å². The van der Waals surface area contributed by atoms with Gasteiger partial charge in [-0.1, -0.05) is 12.1 Å². The van der Waals surface area contributed by atoms with Crippen LogP contribution in [0.4, 0.5) is 4.39 Å². The van der Waals surface area contributed by atoms with Crippen LogP contribution in [0.1, 0.15) is 18.6 Å². The molecule has 1 aromatic rings. The Kier molecular flexibility index (Phi) is 5.80. The van der Waals surface area contributed by atoms with Crippen LogP contribution >= 0.6 is 11.8 Å². The lowest BCUT2D eigenvalue weighted by atomic mass is 10.1. The van der Waals surface area contributed by atoms with Crippen LogP contribution < -0.4 is 5.32 Å². The van der Waals surface area contributed by atoms with Gasteiger partial charge < -0.3 is 10.4 Å². The van der Waals surface area contributed by atoms with Gasteiger partial charge in [0.05, 0.1) is 6.10 Å². The second kappa shape index (κ2) is 6.89. The van der Waals surface area contributed by atoms with Crippen LogP contribution in [0.2, 0.25) is 0 Å². The van der Waals surface area contributed by atoms with Crippen molar-refractivity contribution in [3.8, 4) is 0 Å². The molecule has 0 saturated carbocycles. The van der Waals surface area contributed by atoms with Crippen LogP contribution in [-0.2, 0) is 0 Å². The largest absolute Gasteiger partial charge is 0.387 e. The minimum atomic E-state index is -0.653. The van der Waals surface area contributed by atoms with Crippen molar-refractivity contribution in [3.05, 3.63) is 35.6 Å². The molecule has 0 bridgehead atoms. The van der Waals surface area contributed by atoms with Crippen molar-refractivity contribution in [2.45, 2.75) is 19.1 Å². The van der Waals surface area contributed by atoms with Crippen molar-refractivity contribution in [1.82, 2.24) is 5.32 Å². The molecule has 0 aliphatic carbocycles. The van der Waals surface area contributed by atoms with Gasteiger partial charge in [-0.3, -0.25) is 0 Å². The molecule has 0 aliphatic rings. The van der Waals surface area contributed by atoms with Gasteiger partial charge in [-0.15, -0.1) is 0 Å². The number of hydrogen-bond donors (Lipinski definition) is 2. The van der Waals surface area contributed by atoms with Gasteiger partial charge in [0.2, 0.25) is 0 Å². The second-order valence-electron chi connectivity index (χ2n) is 3.84. The molecule has 1 aromatic carbocycles. The lowest BCUT2D eigenvalue weighted by Gasteiger charge is -2.16. The van der Waals surface area contributed by atoms with E-state index in [-0.39, 0.29) is 5.82 Å². The molecule has 0 fully saturated rings. The summed E-state index contributed by atoms with van der Waals surface area (Å²) in [6.07, 6.45) is 1.39. The highest BCUT2D eigenvalue weighted by molar-refractivity contribution is 7.98. The fourth-order valence-electron chi connectivity index (χ4n) is 1.45. The summed E-state index contributed by atoms with van der Waals surface area (Å²) in [5.41, 5.74) is 0.615. The number of aliphatic hydroxyl groups is 1. The average molecular weight is 243 g/mol. The van der Waals surface area contributed by atoms with E-state index < -0.39 is 6.10 Å². The average Bonchev–Trinajstić information content (AvgIpc) is 2.26. The third-order valence-corrected chi connectivity index (χ3v) is 3.14. The maximum Gasteiger partial charge on any atom is 0.123 e. The van der Waals surface area contributed by atoms with E-state index in [2.05, 4.69) is 12.2 Å². The third-order valence-electron chi connectivity index (χ3n) is 2.31. The van der Waals surface area contributed by atoms with Crippen LogP contribution in [0.3, 0.4) is 0 Å². The van der Waals surface area contributed by atoms with Crippen molar-refractivity contribution in [2.24, 2.45) is 0 Å². The summed E-state index contributed by atoms with van der Waals surface area (Å²) < 4.78 is 12.9. The first-order valence-corrected chi connectivity index (χ1v) is 6.68. The summed E-state index contributed by atoms with van der Waals surface area (Å²) in [6.45, 7) is 2.51. The molecule has 0 heterocycles. The maximum absolute atomic E-state index is 12.9. The molecule has 90 valence electrons. The Bertz CT molecular complexity index is 322. The van der Waals surface area contributed by atoms with Crippen LogP contribution in [0, 0.1) is 5.82 Å². The summed E-state index contributed by atoms with van der Waals surface area (Å²) in [5, 5.41) is 13.0. The second-order valence-corrected chi connectivity index (χ2v) is 4.75. The minimum absolute atomic E-state index is 0.311. The number of halogens is 1. The Morgan fingerprint density at radius 1 is 1.50 bits per heavy atom. The lowest BCUT2D eigenvalue weighted by molar-refractivity contribution is 0.171. The number of aliphatic hydroxyl groups excluding tert-OH is 1. The number of nitrogens with one attached hydrogen (secondary N) is 1. The van der Waals surface area contributed by atoms with Gasteiger partial charge in [-0.05, 0) is 30.9 Å². The molecule has 1 rings (SSSR count). The Hall–Kier alpha value is -0.580. The Morgan fingerprint density at radius 3 is 2.88 bits per heavy atom. The first-order chi connectivity index (χ1) is 7.63. The first-order valence-electron chi connectivity index (χ1n) is 5.29. The van der Waals surface area contributed by atoms with E-state index >= 15 is 0 Å². The predicted molar refractivity (Wildman–Crippen MR) is 67.2 cm³/mol. The summed E-state index contributed by atoms with van der Waals surface area (Å²) >= 11 is 1.76. The molecule has 0 aromatic heterocycles. The maximum atomic E-state index is 12.9. The van der Waals surface area contributed by atoms with Gasteiger partial charge in [-0.25, -0.2) is 4.39 Å². The van der Waals surface area contributed by atoms with E-state index in [4.69, 9.17) is 0 Å². The molecule has 0 spiro atoms. The zero-order valence-electron chi connectivity index (χ0n) is 9.61. The summed E-state index contributed by atoms with van der Waals surface area (Å²) in [5.74, 6) is 0.685. The zero-order chi connectivity index (χ0) is 12.0. The van der Waals surface area contributed by atoms with Gasteiger partial charge >= 0.3 is 0 Å². The smallest absolute Gasteiger partial charge is 0.123 e. The number of rotatable bonds is 6. The van der Waals surface area contributed by atoms with E-state index in [1.807, 2.05) is 6.26 Å². The van der Waals surface area contributed by atoms with Crippen molar-refractivity contribution in [2.75, 3.05) is 18.6 Å². The fourth-order valence-corrected chi connectivity index (χ4v) is 2.07. The van der Waals surface area contributed by atoms with Crippen LogP contribution in [-0.4, -0.2) is 29.7 Å². The fraction of sp³-hybridized carbons (Fsp3) is 0.500. The van der Waals surface area contributed by atoms with Gasteiger partial charge in [-0.2, -0.15) is 11.8 Å². The van der Waals surface area contributed by atoms with Gasteiger partial charge in [0, 0.05) is 18.3 Å². The number of thioether (sulfide) groups is 1. The van der Waals surface area contributed by atoms with Crippen LogP contribution in [0.25, 0.3) is 0 Å². The van der Waals surface area contributed by atoms with Gasteiger partial charge in [0.25, 0.3) is 0 Å². The summed E-state index contributed by atoms with van der Waals surface area (Å²) in [7, 11) is 0. The molecule has 16 heavy (non-hydrogen) atoms. The van der Waals surface area contributed by atoms with Crippen LogP contribution in [0.15, 0.2) is 24.3 Å². The highest BCUT2D eigenvalue weighted by Gasteiger charge is 2.09. The highest BCUT2D eigenvalue weighted by atomic mass is 32.2. The third kappa shape index (κ3) is 4.51. The lowest BCUT2D eigenvalue weighted by Crippen LogP contribution is -2.32. The normalized spacial score (nSPS) is 14.8. The standard InChI is InChI=1S/C12H18FNOS/c1-9(8-16-2)14-7-12(15)10-4-3-5-11(13)6-10/h3-6,9,12,14-15H,7-8H2,1-2H3. The van der Waals surface area contributed by atoms with E-state index in [1.165, 1.54) is 12.1 Å². The molecule has 0 amide bonds. The number of benzene rings is 1. The Balaban J connectivity index is 2.43. The zero-order valence-corrected chi connectivity index (χ0v) is 10.4. The van der Waals surface area contributed by atoms with Crippen LogP contribution in [0.5, 0.6) is 0 Å². The predicted octanol–water partition coefficient (Wildman–Crippen LogP) is 2.20. The molecule has 4 heteroatoms. The summed E-state index contributed by atoms with van der Waals surface area (Å²) in [6, 6.07) is 6.43. The molecular weight excluding hydrogens is 225 g/mol. The number of hydrogen-bond acceptors (Lipinski definition) is 3. The van der Waals surface area contributed by atoms with Crippen molar-refractivity contribution < 1.29 is 9.50 Å². The Morgan fingerprint density at radius 2 is 2.25 bits per heavy atom. The topological polar surface area (TPSA) is 32.3 Å². The minimum Gasteiger partial charge on any atom is -0.387 e.